The molecule has 12 nitrogen and oxygen atoms in total. The highest BCUT2D eigenvalue weighted by Crippen LogP contribution is 2.62. The van der Waals surface area contributed by atoms with Crippen LogP contribution in [-0.2, 0) is 27.5 Å². The number of halogens is 1. The molecule has 7 rings (SSSR count). The van der Waals surface area contributed by atoms with Crippen molar-refractivity contribution in [3.8, 4) is 23.0 Å². The number of amides is 1. The van der Waals surface area contributed by atoms with Gasteiger partial charge in [-0.1, -0.05) is 54.4 Å². The zero-order chi connectivity index (χ0) is 43.1. The van der Waals surface area contributed by atoms with Crippen molar-refractivity contribution in [2.24, 2.45) is 22.9 Å². The van der Waals surface area contributed by atoms with E-state index < -0.39 is 29.4 Å². The summed E-state index contributed by atoms with van der Waals surface area (Å²) in [5.41, 5.74) is 3.02. The van der Waals surface area contributed by atoms with Crippen molar-refractivity contribution in [3.05, 3.63) is 107 Å². The lowest BCUT2D eigenvalue weighted by molar-refractivity contribution is -0.256. The number of fused-ring (bicyclic) bond motifs is 3. The molecule has 0 aromatic heterocycles. The summed E-state index contributed by atoms with van der Waals surface area (Å²) in [6.45, 7) is 10.3. The molecule has 0 spiro atoms. The van der Waals surface area contributed by atoms with Crippen LogP contribution in [0, 0.1) is 23.6 Å². The molecule has 2 aliphatic carbocycles. The highest BCUT2D eigenvalue weighted by atomic mass is 19.1. The number of carbonyl (C=O) groups is 1. The van der Waals surface area contributed by atoms with Crippen LogP contribution in [0.4, 0.5) is 9.18 Å². The molecule has 2 N–H and O–H groups in total. The first kappa shape index (κ1) is 44.0. The lowest BCUT2D eigenvalue weighted by atomic mass is 9.55. The number of hydrogen-bond donors (Lipinski definition) is 2. The average Bonchev–Trinajstić information content (AvgIpc) is 3.73. The van der Waals surface area contributed by atoms with Crippen LogP contribution in [0.5, 0.6) is 23.0 Å². The van der Waals surface area contributed by atoms with Crippen molar-refractivity contribution in [1.82, 2.24) is 4.90 Å². The number of oxime groups is 1. The molecule has 1 fully saturated rings. The van der Waals surface area contributed by atoms with E-state index in [2.05, 4.69) is 12.7 Å². The molecule has 3 aromatic carbocycles. The molecule has 0 saturated heterocycles. The Hall–Kier alpha value is -5.11. The Labute approximate surface area is 357 Å². The summed E-state index contributed by atoms with van der Waals surface area (Å²) in [5.74, 6) is -0.322. The minimum Gasteiger partial charge on any atom is -0.489 e. The molecule has 1 amide bonds. The molecular weight excluding hydrogens is 784 g/mol. The zero-order valence-corrected chi connectivity index (χ0v) is 35.6. The fourth-order valence-electron chi connectivity index (χ4n) is 9.36. The minimum atomic E-state index is -1.50. The predicted octanol–water partition coefficient (Wildman–Crippen LogP) is 8.83. The van der Waals surface area contributed by atoms with E-state index in [1.165, 1.54) is 13.2 Å². The number of aliphatic hydroxyl groups excluding tert-OH is 2. The SMILES string of the molecule is C=CCOC12Oc3ccc(OCc4ccccc4F)cc3C3C(CCCCO)C(CCCCO)C=C(C(=NOC(C)(C)C)CC1N(Cc1ccc4c(c1)OCO4)C(=O)OC)C32. The van der Waals surface area contributed by atoms with Crippen LogP contribution < -0.4 is 18.9 Å². The van der Waals surface area contributed by atoms with E-state index in [1.54, 1.807) is 29.2 Å². The van der Waals surface area contributed by atoms with Gasteiger partial charge in [-0.15, -0.1) is 6.58 Å². The van der Waals surface area contributed by atoms with Gasteiger partial charge in [0.1, 0.15) is 35.6 Å². The first-order chi connectivity index (χ1) is 29.5. The maximum Gasteiger partial charge on any atom is 0.410 e. The number of carbonyl (C=O) groups excluding carboxylic acids is 1. The summed E-state index contributed by atoms with van der Waals surface area (Å²) < 4.78 is 52.3. The summed E-state index contributed by atoms with van der Waals surface area (Å²) in [6, 6.07) is 17.0. The zero-order valence-electron chi connectivity index (χ0n) is 35.6. The van der Waals surface area contributed by atoms with Gasteiger partial charge >= 0.3 is 6.09 Å². The number of rotatable bonds is 18. The number of unbranched alkanes of at least 4 members (excludes halogenated alkanes) is 2. The maximum absolute atomic E-state index is 14.8. The van der Waals surface area contributed by atoms with Crippen LogP contribution in [0.2, 0.25) is 0 Å². The van der Waals surface area contributed by atoms with Gasteiger partial charge in [-0.3, -0.25) is 4.90 Å². The normalized spacial score (nSPS) is 24.2. The molecule has 2 heterocycles. The Morgan fingerprint density at radius 2 is 1.75 bits per heavy atom. The van der Waals surface area contributed by atoms with E-state index in [0.29, 0.717) is 47.1 Å². The first-order valence-corrected chi connectivity index (χ1v) is 21.4. The van der Waals surface area contributed by atoms with Gasteiger partial charge in [-0.2, -0.15) is 0 Å². The molecule has 3 aromatic rings. The molecule has 0 bridgehead atoms. The van der Waals surface area contributed by atoms with Gasteiger partial charge in [0, 0.05) is 43.2 Å². The van der Waals surface area contributed by atoms with Gasteiger partial charge in [0.2, 0.25) is 12.6 Å². The van der Waals surface area contributed by atoms with Gasteiger partial charge in [-0.25, -0.2) is 9.18 Å². The quantitative estimate of drug-likeness (QED) is 0.0726. The van der Waals surface area contributed by atoms with Crippen LogP contribution in [0.3, 0.4) is 0 Å². The predicted molar refractivity (Wildman–Crippen MR) is 227 cm³/mol. The van der Waals surface area contributed by atoms with Crippen LogP contribution >= 0.6 is 0 Å². The number of methoxy groups -OCH3 is 1. The number of hydrogen-bond acceptors (Lipinski definition) is 11. The van der Waals surface area contributed by atoms with Crippen molar-refractivity contribution in [2.45, 2.75) is 102 Å². The third kappa shape index (κ3) is 9.54. The molecule has 6 unspecified atom stereocenters. The van der Waals surface area contributed by atoms with Crippen LogP contribution in [-0.4, -0.2) is 78.1 Å². The van der Waals surface area contributed by atoms with E-state index in [9.17, 15) is 19.4 Å². The van der Waals surface area contributed by atoms with Crippen molar-refractivity contribution in [1.29, 1.82) is 0 Å². The Morgan fingerprint density at radius 1 is 1.00 bits per heavy atom. The molecule has 0 radical (unpaired) electrons. The second kappa shape index (κ2) is 19.3. The van der Waals surface area contributed by atoms with Crippen LogP contribution in [0.1, 0.15) is 88.3 Å². The number of benzene rings is 3. The fraction of sp³-hybridized carbons (Fsp3) is 0.500. The second-order valence-corrected chi connectivity index (χ2v) is 17.1. The summed E-state index contributed by atoms with van der Waals surface area (Å²) >= 11 is 0. The van der Waals surface area contributed by atoms with Gasteiger partial charge in [-0.05, 0) is 106 Å². The molecule has 13 heteroatoms. The smallest absolute Gasteiger partial charge is 0.410 e. The summed E-state index contributed by atoms with van der Waals surface area (Å²) in [5, 5.41) is 24.7. The largest absolute Gasteiger partial charge is 0.489 e. The van der Waals surface area contributed by atoms with Crippen molar-refractivity contribution >= 4 is 11.8 Å². The summed E-state index contributed by atoms with van der Waals surface area (Å²) in [4.78, 5) is 22.2. The standard InChI is InChI=1S/C48H59FN2O10/c1-6-23-59-48-43(51(46(54)55-5)28-31-17-19-41-42(24-31)58-30-57-41)27-39(50-61-47(2,3)4)36-25-32(13-9-11-21-52)35(15-10-12-22-53)44(45(36)48)37-26-34(18-20-40(37)60-48)56-29-33-14-7-8-16-38(33)49/h6-8,14,16-20,24-26,32,35,43-45,52-53H,1,9-13,15,21-23,27-30H2,2-5H3. The lowest BCUT2D eigenvalue weighted by Crippen LogP contribution is -2.70. The monoisotopic (exact) mass is 842 g/mol. The van der Waals surface area contributed by atoms with Crippen LogP contribution in [0.15, 0.2) is 90.1 Å². The number of ether oxygens (including phenoxy) is 6. The summed E-state index contributed by atoms with van der Waals surface area (Å²) in [7, 11) is 1.36. The maximum atomic E-state index is 14.8. The molecular formula is C48H59FN2O10. The van der Waals surface area contributed by atoms with E-state index in [4.69, 9.17) is 38.4 Å². The molecule has 2 aliphatic heterocycles. The fourth-order valence-corrected chi connectivity index (χ4v) is 9.36. The Bertz CT molecular complexity index is 2080. The summed E-state index contributed by atoms with van der Waals surface area (Å²) in [6.07, 6.45) is 7.98. The molecule has 4 aliphatic rings. The van der Waals surface area contributed by atoms with Gasteiger partial charge in [0.25, 0.3) is 0 Å². The minimum absolute atomic E-state index is 0.000798. The van der Waals surface area contributed by atoms with E-state index in [0.717, 1.165) is 42.4 Å². The van der Waals surface area contributed by atoms with Crippen molar-refractivity contribution in [2.75, 3.05) is 33.7 Å². The van der Waals surface area contributed by atoms with Gasteiger partial charge in [0.15, 0.2) is 11.5 Å². The van der Waals surface area contributed by atoms with Crippen LogP contribution in [0.25, 0.3) is 0 Å². The Kier molecular flexibility index (Phi) is 13.9. The molecule has 1 saturated carbocycles. The Morgan fingerprint density at radius 3 is 2.49 bits per heavy atom. The third-order valence-electron chi connectivity index (χ3n) is 12.0. The van der Waals surface area contributed by atoms with E-state index in [-0.39, 0.29) is 69.8 Å². The molecule has 6 atom stereocenters. The van der Waals surface area contributed by atoms with Crippen molar-refractivity contribution in [3.63, 3.8) is 0 Å². The van der Waals surface area contributed by atoms with Gasteiger partial charge < -0.3 is 43.5 Å². The van der Waals surface area contributed by atoms with E-state index in [1.807, 2.05) is 57.2 Å². The number of aliphatic hydroxyl groups is 2. The first-order valence-electron chi connectivity index (χ1n) is 21.4. The highest BCUT2D eigenvalue weighted by Gasteiger charge is 2.65. The number of nitrogens with zero attached hydrogens (tertiary/aromatic N) is 2. The number of allylic oxidation sites excluding steroid dienone is 1. The third-order valence-corrected chi connectivity index (χ3v) is 12.0. The second-order valence-electron chi connectivity index (χ2n) is 17.1. The lowest BCUT2D eigenvalue weighted by Gasteiger charge is -2.59. The van der Waals surface area contributed by atoms with Gasteiger partial charge in [0.05, 0.1) is 25.3 Å². The topological polar surface area (TPSA) is 138 Å². The average molecular weight is 843 g/mol. The highest BCUT2D eigenvalue weighted by molar-refractivity contribution is 6.03. The van der Waals surface area contributed by atoms with E-state index >= 15 is 0 Å². The van der Waals surface area contributed by atoms with Crippen molar-refractivity contribution < 1.29 is 52.7 Å². The Balaban J connectivity index is 1.43. The molecule has 328 valence electrons. The molecule has 61 heavy (non-hydrogen) atoms.